The van der Waals surface area contributed by atoms with Gasteiger partial charge in [-0.3, -0.25) is 9.59 Å². The molecule has 5 heteroatoms. The molecular weight excluding hydrogens is 236 g/mol. The zero-order valence-corrected chi connectivity index (χ0v) is 8.89. The topological polar surface area (TPSA) is 58.2 Å². The van der Waals surface area contributed by atoms with Crippen molar-refractivity contribution in [3.05, 3.63) is 0 Å². The van der Waals surface area contributed by atoms with Gasteiger partial charge in [0.15, 0.2) is 0 Å². The number of halogens is 1. The van der Waals surface area contributed by atoms with E-state index in [2.05, 4.69) is 26.6 Å². The lowest BCUT2D eigenvalue weighted by molar-refractivity contribution is -0.127. The molecule has 1 saturated heterocycles. The molecule has 1 aliphatic heterocycles. The van der Waals surface area contributed by atoms with E-state index in [-0.39, 0.29) is 23.2 Å². The van der Waals surface area contributed by atoms with Gasteiger partial charge >= 0.3 is 0 Å². The van der Waals surface area contributed by atoms with Crippen LogP contribution in [-0.4, -0.2) is 29.7 Å². The van der Waals surface area contributed by atoms with Crippen molar-refractivity contribution >= 4 is 27.7 Å². The largest absolute Gasteiger partial charge is 0.354 e. The predicted octanol–water partition coefficient (Wildman–Crippen LogP) is 0.166. The van der Waals surface area contributed by atoms with Gasteiger partial charge in [-0.25, -0.2) is 0 Å². The third kappa shape index (κ3) is 3.34. The molecule has 0 aromatic rings. The van der Waals surface area contributed by atoms with Gasteiger partial charge in [0.2, 0.25) is 11.8 Å². The minimum atomic E-state index is -0.340. The smallest absolute Gasteiger partial charge is 0.242 e. The predicted molar refractivity (Wildman–Crippen MR) is 52.6 cm³/mol. The van der Waals surface area contributed by atoms with Crippen molar-refractivity contribution in [2.75, 3.05) is 11.9 Å². The molecule has 0 radical (unpaired) electrons. The summed E-state index contributed by atoms with van der Waals surface area (Å²) in [5, 5.41) is 5.66. The number of nitrogens with one attached hydrogen (secondary N) is 2. The summed E-state index contributed by atoms with van der Waals surface area (Å²) in [6.45, 7) is 0.722. The molecule has 0 aromatic carbocycles. The average Bonchev–Trinajstić information content (AvgIpc) is 2.32. The highest BCUT2D eigenvalue weighted by molar-refractivity contribution is 9.09. The Morgan fingerprint density at radius 3 is 3.08 bits per heavy atom. The van der Waals surface area contributed by atoms with Crippen molar-refractivity contribution in [3.63, 3.8) is 0 Å². The molecule has 1 aliphatic rings. The van der Waals surface area contributed by atoms with Crippen molar-refractivity contribution in [3.8, 4) is 0 Å². The van der Waals surface area contributed by atoms with Crippen LogP contribution in [0.5, 0.6) is 0 Å². The maximum Gasteiger partial charge on any atom is 0.242 e. The third-order valence-corrected chi connectivity index (χ3v) is 2.50. The molecule has 0 spiro atoms. The number of rotatable bonds is 2. The van der Waals surface area contributed by atoms with E-state index >= 15 is 0 Å². The van der Waals surface area contributed by atoms with Gasteiger partial charge in [-0.1, -0.05) is 15.9 Å². The number of carbonyl (C=O) groups excluding carboxylic acids is 2. The standard InChI is InChI=1S/C8H13BrN2O2/c9-5-7(12)11-6-3-1-2-4-10-8(6)13/h6H,1-5H2,(H,10,13)(H,11,12). The first-order chi connectivity index (χ1) is 6.24. The summed E-state index contributed by atoms with van der Waals surface area (Å²) in [4.78, 5) is 22.3. The fourth-order valence-electron chi connectivity index (χ4n) is 1.31. The van der Waals surface area contributed by atoms with Crippen LogP contribution in [0.2, 0.25) is 0 Å². The van der Waals surface area contributed by atoms with Crippen LogP contribution >= 0.6 is 15.9 Å². The van der Waals surface area contributed by atoms with Gasteiger partial charge in [0.25, 0.3) is 0 Å². The molecule has 1 heterocycles. The highest BCUT2D eigenvalue weighted by atomic mass is 79.9. The molecule has 0 aliphatic carbocycles. The van der Waals surface area contributed by atoms with Gasteiger partial charge in [-0.05, 0) is 19.3 Å². The van der Waals surface area contributed by atoms with Crippen LogP contribution in [0.4, 0.5) is 0 Å². The second-order valence-electron chi connectivity index (χ2n) is 3.04. The Balaban J connectivity index is 2.45. The van der Waals surface area contributed by atoms with Crippen LogP contribution in [0, 0.1) is 0 Å². The minimum Gasteiger partial charge on any atom is -0.354 e. The summed E-state index contributed by atoms with van der Waals surface area (Å²) in [6.07, 6.45) is 2.71. The second kappa shape index (κ2) is 5.21. The Morgan fingerprint density at radius 1 is 1.62 bits per heavy atom. The fraction of sp³-hybridized carbons (Fsp3) is 0.750. The van der Waals surface area contributed by atoms with Gasteiger partial charge < -0.3 is 10.6 Å². The minimum absolute atomic E-state index is 0.0631. The molecule has 4 nitrogen and oxygen atoms in total. The first-order valence-corrected chi connectivity index (χ1v) is 5.49. The number of hydrogen-bond acceptors (Lipinski definition) is 2. The number of alkyl halides is 1. The number of carbonyl (C=O) groups is 2. The van der Waals surface area contributed by atoms with Gasteiger partial charge in [-0.15, -0.1) is 0 Å². The maximum atomic E-state index is 11.3. The lowest BCUT2D eigenvalue weighted by Crippen LogP contribution is -2.45. The molecule has 1 atom stereocenters. The van der Waals surface area contributed by atoms with Crippen molar-refractivity contribution in [2.24, 2.45) is 0 Å². The normalized spacial score (nSPS) is 23.2. The maximum absolute atomic E-state index is 11.3. The Kier molecular flexibility index (Phi) is 4.21. The zero-order valence-electron chi connectivity index (χ0n) is 7.31. The second-order valence-corrected chi connectivity index (χ2v) is 3.60. The quantitative estimate of drug-likeness (QED) is 0.685. The summed E-state index contributed by atoms with van der Waals surface area (Å²) in [6, 6.07) is -0.340. The van der Waals surface area contributed by atoms with Crippen molar-refractivity contribution in [1.82, 2.24) is 10.6 Å². The molecule has 1 fully saturated rings. The molecule has 2 N–H and O–H groups in total. The van der Waals surface area contributed by atoms with Crippen molar-refractivity contribution in [1.29, 1.82) is 0 Å². The highest BCUT2D eigenvalue weighted by Gasteiger charge is 2.21. The van der Waals surface area contributed by atoms with Gasteiger partial charge in [-0.2, -0.15) is 0 Å². The molecule has 0 bridgehead atoms. The lowest BCUT2D eigenvalue weighted by atomic mass is 10.1. The number of amides is 2. The summed E-state index contributed by atoms with van der Waals surface area (Å²) in [5.74, 6) is -0.200. The summed E-state index contributed by atoms with van der Waals surface area (Å²) in [7, 11) is 0. The van der Waals surface area contributed by atoms with Crippen molar-refractivity contribution in [2.45, 2.75) is 25.3 Å². The summed E-state index contributed by atoms with van der Waals surface area (Å²) >= 11 is 3.04. The highest BCUT2D eigenvalue weighted by Crippen LogP contribution is 2.05. The average molecular weight is 249 g/mol. The molecule has 13 heavy (non-hydrogen) atoms. The van der Waals surface area contributed by atoms with Crippen LogP contribution < -0.4 is 10.6 Å². The van der Waals surface area contributed by atoms with E-state index in [1.165, 1.54) is 0 Å². The van der Waals surface area contributed by atoms with Gasteiger partial charge in [0, 0.05) is 6.54 Å². The first kappa shape index (κ1) is 10.5. The molecule has 1 rings (SSSR count). The number of hydrogen-bond donors (Lipinski definition) is 2. The molecule has 0 aromatic heterocycles. The van der Waals surface area contributed by atoms with E-state index < -0.39 is 0 Å². The van der Waals surface area contributed by atoms with Crippen LogP contribution in [0.1, 0.15) is 19.3 Å². The Hall–Kier alpha value is -0.580. The summed E-state index contributed by atoms with van der Waals surface area (Å²) < 4.78 is 0. The molecule has 74 valence electrons. The zero-order chi connectivity index (χ0) is 9.68. The first-order valence-electron chi connectivity index (χ1n) is 4.37. The van der Waals surface area contributed by atoms with Crippen LogP contribution in [0.3, 0.4) is 0 Å². The van der Waals surface area contributed by atoms with E-state index in [0.29, 0.717) is 0 Å². The van der Waals surface area contributed by atoms with E-state index in [1.54, 1.807) is 0 Å². The van der Waals surface area contributed by atoms with E-state index in [0.717, 1.165) is 25.8 Å². The Morgan fingerprint density at radius 2 is 2.38 bits per heavy atom. The molecule has 1 unspecified atom stereocenters. The van der Waals surface area contributed by atoms with Crippen LogP contribution in [0.25, 0.3) is 0 Å². The molecular formula is C8H13BrN2O2. The van der Waals surface area contributed by atoms with Gasteiger partial charge in [0.1, 0.15) is 6.04 Å². The monoisotopic (exact) mass is 248 g/mol. The Bertz CT molecular complexity index is 208. The summed E-state index contributed by atoms with van der Waals surface area (Å²) in [5.41, 5.74) is 0. The lowest BCUT2D eigenvalue weighted by Gasteiger charge is -2.13. The van der Waals surface area contributed by atoms with Gasteiger partial charge in [0.05, 0.1) is 5.33 Å². The molecule has 2 amide bonds. The third-order valence-electron chi connectivity index (χ3n) is 1.99. The van der Waals surface area contributed by atoms with Crippen LogP contribution in [0.15, 0.2) is 0 Å². The SMILES string of the molecule is O=C(CBr)NC1CCCCNC1=O. The van der Waals surface area contributed by atoms with E-state index in [4.69, 9.17) is 0 Å². The van der Waals surface area contributed by atoms with E-state index in [9.17, 15) is 9.59 Å². The van der Waals surface area contributed by atoms with Crippen LogP contribution in [-0.2, 0) is 9.59 Å². The Labute approximate surface area is 85.6 Å². The molecule has 0 saturated carbocycles. The fourth-order valence-corrected chi connectivity index (χ4v) is 1.47. The van der Waals surface area contributed by atoms with E-state index in [1.807, 2.05) is 0 Å². The van der Waals surface area contributed by atoms with Crippen molar-refractivity contribution < 1.29 is 9.59 Å².